The fourth-order valence-corrected chi connectivity index (χ4v) is 2.40. The van der Waals surface area contributed by atoms with Crippen LogP contribution in [0, 0.1) is 11.6 Å². The number of nitrogens with two attached hydrogens (primary N) is 1. The first-order chi connectivity index (χ1) is 12.0. The minimum atomic E-state index is -1.14. The second-order valence-electron chi connectivity index (χ2n) is 5.70. The second-order valence-corrected chi connectivity index (χ2v) is 5.70. The molecular formula is C19H22F2N2O2. The summed E-state index contributed by atoms with van der Waals surface area (Å²) in [6.07, 6.45) is 3.24. The molecule has 0 saturated heterocycles. The van der Waals surface area contributed by atoms with E-state index in [1.165, 1.54) is 6.07 Å². The van der Waals surface area contributed by atoms with Gasteiger partial charge in [0.1, 0.15) is 17.1 Å². The van der Waals surface area contributed by atoms with Crippen molar-refractivity contribution in [3.63, 3.8) is 0 Å². The number of ether oxygens (including phenoxy) is 1. The minimum absolute atomic E-state index is 0.0180. The molecule has 0 aliphatic rings. The number of anilines is 1. The number of amides is 1. The smallest absolute Gasteiger partial charge is 0.254 e. The van der Waals surface area contributed by atoms with Gasteiger partial charge >= 0.3 is 0 Å². The van der Waals surface area contributed by atoms with Crippen LogP contribution in [0.2, 0.25) is 0 Å². The van der Waals surface area contributed by atoms with E-state index in [1.54, 1.807) is 0 Å². The van der Waals surface area contributed by atoms with Gasteiger partial charge in [-0.1, -0.05) is 31.9 Å². The highest BCUT2D eigenvalue weighted by Gasteiger charge is 2.18. The van der Waals surface area contributed by atoms with Crippen molar-refractivity contribution in [3.05, 3.63) is 59.2 Å². The molecule has 0 fully saturated rings. The molecular weight excluding hydrogens is 326 g/mol. The molecule has 134 valence electrons. The van der Waals surface area contributed by atoms with Gasteiger partial charge in [0, 0.05) is 6.54 Å². The van der Waals surface area contributed by atoms with Crippen molar-refractivity contribution in [1.29, 1.82) is 0 Å². The molecule has 0 atom stereocenters. The molecule has 0 radical (unpaired) electrons. The van der Waals surface area contributed by atoms with Gasteiger partial charge in [-0.05, 0) is 36.2 Å². The molecule has 0 aromatic heterocycles. The van der Waals surface area contributed by atoms with E-state index in [2.05, 4.69) is 12.2 Å². The number of hydrogen-bond acceptors (Lipinski definition) is 3. The standard InChI is InChI=1S/C19H22F2N2O2/c1-2-3-4-10-25-14-7-5-6-13(11-14)12-23-16-9-8-15(20)17(18(16)21)19(22)24/h5-9,11,23H,2-4,10,12H2,1H3,(H2,22,24). The predicted octanol–water partition coefficient (Wildman–Crippen LogP) is 4.24. The van der Waals surface area contributed by atoms with Gasteiger partial charge in [0.15, 0.2) is 5.82 Å². The zero-order chi connectivity index (χ0) is 18.2. The van der Waals surface area contributed by atoms with Gasteiger partial charge in [0.2, 0.25) is 0 Å². The Hall–Kier alpha value is -2.63. The highest BCUT2D eigenvalue weighted by molar-refractivity contribution is 5.94. The van der Waals surface area contributed by atoms with E-state index in [-0.39, 0.29) is 5.69 Å². The fraction of sp³-hybridized carbons (Fsp3) is 0.316. The van der Waals surface area contributed by atoms with Crippen LogP contribution in [0.4, 0.5) is 14.5 Å². The maximum absolute atomic E-state index is 14.2. The number of hydrogen-bond donors (Lipinski definition) is 2. The van der Waals surface area contributed by atoms with E-state index in [4.69, 9.17) is 10.5 Å². The third kappa shape index (κ3) is 5.17. The van der Waals surface area contributed by atoms with Crippen LogP contribution < -0.4 is 15.8 Å². The molecule has 0 spiro atoms. The summed E-state index contributed by atoms with van der Waals surface area (Å²) in [6.45, 7) is 3.08. The normalized spacial score (nSPS) is 10.5. The summed E-state index contributed by atoms with van der Waals surface area (Å²) >= 11 is 0. The van der Waals surface area contributed by atoms with Crippen molar-refractivity contribution in [1.82, 2.24) is 0 Å². The van der Waals surface area contributed by atoms with Gasteiger partial charge in [0.25, 0.3) is 5.91 Å². The maximum atomic E-state index is 14.2. The lowest BCUT2D eigenvalue weighted by Gasteiger charge is -2.11. The quantitative estimate of drug-likeness (QED) is 0.666. The van der Waals surface area contributed by atoms with Gasteiger partial charge in [-0.25, -0.2) is 8.78 Å². The Labute approximate surface area is 146 Å². The van der Waals surface area contributed by atoms with Crippen LogP contribution in [0.25, 0.3) is 0 Å². The Bertz CT molecular complexity index is 735. The summed E-state index contributed by atoms with van der Waals surface area (Å²) in [5, 5.41) is 2.85. The van der Waals surface area contributed by atoms with E-state index in [1.807, 2.05) is 24.3 Å². The Morgan fingerprint density at radius 2 is 2.00 bits per heavy atom. The van der Waals surface area contributed by atoms with Crippen molar-refractivity contribution in [3.8, 4) is 5.75 Å². The van der Waals surface area contributed by atoms with Crippen molar-refractivity contribution in [2.75, 3.05) is 11.9 Å². The summed E-state index contributed by atoms with van der Waals surface area (Å²) in [5.41, 5.74) is 5.17. The Kier molecular flexibility index (Phi) is 6.74. The second kappa shape index (κ2) is 9.01. The molecule has 0 aliphatic heterocycles. The van der Waals surface area contributed by atoms with E-state index in [0.29, 0.717) is 13.2 Å². The molecule has 6 heteroatoms. The van der Waals surface area contributed by atoms with Crippen LogP contribution in [-0.2, 0) is 6.54 Å². The molecule has 2 aromatic rings. The lowest BCUT2D eigenvalue weighted by Crippen LogP contribution is -2.17. The third-order valence-corrected chi connectivity index (χ3v) is 3.74. The van der Waals surface area contributed by atoms with Crippen molar-refractivity contribution >= 4 is 11.6 Å². The first kappa shape index (κ1) is 18.7. The average molecular weight is 348 g/mol. The van der Waals surface area contributed by atoms with Crippen molar-refractivity contribution < 1.29 is 18.3 Å². The lowest BCUT2D eigenvalue weighted by molar-refractivity contribution is 0.0992. The molecule has 2 rings (SSSR count). The number of unbranched alkanes of at least 4 members (excludes halogenated alkanes) is 2. The summed E-state index contributed by atoms with van der Waals surface area (Å²) < 4.78 is 33.3. The van der Waals surface area contributed by atoms with Crippen molar-refractivity contribution in [2.24, 2.45) is 5.73 Å². The molecule has 3 N–H and O–H groups in total. The number of halogens is 2. The van der Waals surface area contributed by atoms with E-state index >= 15 is 0 Å². The van der Waals surface area contributed by atoms with Gasteiger partial charge in [-0.2, -0.15) is 0 Å². The Balaban J connectivity index is 2.02. The zero-order valence-corrected chi connectivity index (χ0v) is 14.1. The predicted molar refractivity (Wildman–Crippen MR) is 93.7 cm³/mol. The molecule has 1 amide bonds. The Morgan fingerprint density at radius 3 is 2.72 bits per heavy atom. The fourth-order valence-electron chi connectivity index (χ4n) is 2.40. The molecule has 0 saturated carbocycles. The van der Waals surface area contributed by atoms with Crippen molar-refractivity contribution in [2.45, 2.75) is 32.7 Å². The van der Waals surface area contributed by atoms with Gasteiger partial charge < -0.3 is 15.8 Å². The van der Waals surface area contributed by atoms with E-state index in [9.17, 15) is 13.6 Å². The maximum Gasteiger partial charge on any atom is 0.254 e. The average Bonchev–Trinajstić information content (AvgIpc) is 2.58. The van der Waals surface area contributed by atoms with Crippen LogP contribution >= 0.6 is 0 Å². The van der Waals surface area contributed by atoms with Gasteiger partial charge in [-0.3, -0.25) is 4.79 Å². The first-order valence-electron chi connectivity index (χ1n) is 8.26. The van der Waals surface area contributed by atoms with Crippen LogP contribution in [0.15, 0.2) is 36.4 Å². The topological polar surface area (TPSA) is 64.3 Å². The summed E-state index contributed by atoms with van der Waals surface area (Å²) in [5.74, 6) is -2.36. The number of benzene rings is 2. The summed E-state index contributed by atoms with van der Waals surface area (Å²) in [6, 6.07) is 9.68. The largest absolute Gasteiger partial charge is 0.494 e. The monoisotopic (exact) mass is 348 g/mol. The van der Waals surface area contributed by atoms with E-state index < -0.39 is 23.1 Å². The number of primary amides is 1. The van der Waals surface area contributed by atoms with Crippen LogP contribution in [-0.4, -0.2) is 12.5 Å². The highest BCUT2D eigenvalue weighted by atomic mass is 19.1. The molecule has 0 unspecified atom stereocenters. The molecule has 25 heavy (non-hydrogen) atoms. The molecule has 0 aliphatic carbocycles. The molecule has 2 aromatic carbocycles. The van der Waals surface area contributed by atoms with Gasteiger partial charge in [0.05, 0.1) is 12.3 Å². The number of rotatable bonds is 9. The van der Waals surface area contributed by atoms with Gasteiger partial charge in [-0.15, -0.1) is 0 Å². The number of carbonyl (C=O) groups is 1. The van der Waals surface area contributed by atoms with Crippen LogP contribution in [0.5, 0.6) is 5.75 Å². The SMILES string of the molecule is CCCCCOc1cccc(CNc2ccc(F)c(C(N)=O)c2F)c1. The zero-order valence-electron chi connectivity index (χ0n) is 14.1. The van der Waals surface area contributed by atoms with E-state index in [0.717, 1.165) is 36.6 Å². The minimum Gasteiger partial charge on any atom is -0.494 e. The highest BCUT2D eigenvalue weighted by Crippen LogP contribution is 2.22. The van der Waals surface area contributed by atoms with Crippen LogP contribution in [0.3, 0.4) is 0 Å². The third-order valence-electron chi connectivity index (χ3n) is 3.74. The molecule has 0 heterocycles. The lowest BCUT2D eigenvalue weighted by atomic mass is 10.1. The Morgan fingerprint density at radius 1 is 1.20 bits per heavy atom. The summed E-state index contributed by atoms with van der Waals surface area (Å²) in [7, 11) is 0. The molecule has 4 nitrogen and oxygen atoms in total. The van der Waals surface area contributed by atoms with Crippen LogP contribution in [0.1, 0.15) is 42.1 Å². The first-order valence-corrected chi connectivity index (χ1v) is 8.26. The molecule has 0 bridgehead atoms. The number of carbonyl (C=O) groups excluding carboxylic acids is 1. The number of nitrogens with one attached hydrogen (secondary N) is 1. The summed E-state index contributed by atoms with van der Waals surface area (Å²) in [4.78, 5) is 11.2.